The molecule has 0 saturated carbocycles. The number of hydrogen-bond acceptors (Lipinski definition) is 3. The van der Waals surface area contributed by atoms with E-state index in [1.807, 2.05) is 11.4 Å². The first-order chi connectivity index (χ1) is 6.74. The van der Waals surface area contributed by atoms with Gasteiger partial charge in [0, 0.05) is 4.90 Å². The van der Waals surface area contributed by atoms with Crippen LogP contribution in [0.2, 0.25) is 0 Å². The van der Waals surface area contributed by atoms with Crippen LogP contribution in [0.5, 0.6) is 0 Å². The lowest BCUT2D eigenvalue weighted by Gasteiger charge is -2.02. The highest BCUT2D eigenvalue weighted by molar-refractivity contribution is 7.80. The van der Waals surface area contributed by atoms with Gasteiger partial charge in [-0.2, -0.15) is 5.26 Å². The lowest BCUT2D eigenvalue weighted by molar-refractivity contribution is 0.616. The molecule has 0 aliphatic heterocycles. The SMILES string of the molecule is N#CCc1cc(S)c(F)c2sccc12. The van der Waals surface area contributed by atoms with Crippen LogP contribution >= 0.6 is 24.0 Å². The fraction of sp³-hybridized carbons (Fsp3) is 0.100. The summed E-state index contributed by atoms with van der Waals surface area (Å²) in [4.78, 5) is 0.310. The van der Waals surface area contributed by atoms with E-state index in [9.17, 15) is 4.39 Å². The Morgan fingerprint density at radius 1 is 1.57 bits per heavy atom. The molecule has 0 radical (unpaired) electrons. The minimum Gasteiger partial charge on any atom is -0.204 e. The van der Waals surface area contributed by atoms with Crippen LogP contribution in [0, 0.1) is 17.1 Å². The van der Waals surface area contributed by atoms with E-state index in [0.29, 0.717) is 16.0 Å². The summed E-state index contributed by atoms with van der Waals surface area (Å²) in [6, 6.07) is 5.52. The van der Waals surface area contributed by atoms with Crippen molar-refractivity contribution < 1.29 is 4.39 Å². The van der Waals surface area contributed by atoms with Crippen LogP contribution in [-0.2, 0) is 6.42 Å². The van der Waals surface area contributed by atoms with Gasteiger partial charge in [-0.25, -0.2) is 4.39 Å². The van der Waals surface area contributed by atoms with Gasteiger partial charge in [0.15, 0.2) is 5.82 Å². The van der Waals surface area contributed by atoms with Gasteiger partial charge in [0.2, 0.25) is 0 Å². The molecule has 1 aromatic carbocycles. The lowest BCUT2D eigenvalue weighted by atomic mass is 10.1. The monoisotopic (exact) mass is 223 g/mol. The highest BCUT2D eigenvalue weighted by Crippen LogP contribution is 2.31. The van der Waals surface area contributed by atoms with Gasteiger partial charge in [-0.15, -0.1) is 24.0 Å². The number of rotatable bonds is 1. The quantitative estimate of drug-likeness (QED) is 0.736. The number of fused-ring (bicyclic) bond motifs is 1. The minimum absolute atomic E-state index is 0.292. The highest BCUT2D eigenvalue weighted by atomic mass is 32.1. The van der Waals surface area contributed by atoms with Crippen molar-refractivity contribution in [1.82, 2.24) is 0 Å². The van der Waals surface area contributed by atoms with Gasteiger partial charge in [0.1, 0.15) is 0 Å². The second-order valence-electron chi connectivity index (χ2n) is 2.87. The van der Waals surface area contributed by atoms with E-state index in [1.165, 1.54) is 11.3 Å². The second kappa shape index (κ2) is 3.60. The van der Waals surface area contributed by atoms with Crippen LogP contribution in [0.25, 0.3) is 10.1 Å². The molecule has 1 heterocycles. The zero-order valence-electron chi connectivity index (χ0n) is 7.12. The van der Waals surface area contributed by atoms with Gasteiger partial charge in [0.25, 0.3) is 0 Å². The average molecular weight is 223 g/mol. The van der Waals surface area contributed by atoms with Crippen molar-refractivity contribution in [3.05, 3.63) is 28.9 Å². The number of benzene rings is 1. The van der Waals surface area contributed by atoms with Crippen LogP contribution < -0.4 is 0 Å². The summed E-state index contributed by atoms with van der Waals surface area (Å²) in [5.41, 5.74) is 0.843. The number of hydrogen-bond donors (Lipinski definition) is 1. The van der Waals surface area contributed by atoms with Crippen LogP contribution in [0.15, 0.2) is 22.4 Å². The number of nitrogens with zero attached hydrogens (tertiary/aromatic N) is 1. The van der Waals surface area contributed by atoms with E-state index in [-0.39, 0.29) is 5.82 Å². The van der Waals surface area contributed by atoms with Crippen molar-refractivity contribution in [3.8, 4) is 6.07 Å². The zero-order valence-corrected chi connectivity index (χ0v) is 8.83. The summed E-state index contributed by atoms with van der Waals surface area (Å²) in [5.74, 6) is -0.292. The van der Waals surface area contributed by atoms with E-state index < -0.39 is 0 Å². The topological polar surface area (TPSA) is 23.8 Å². The number of nitriles is 1. The van der Waals surface area contributed by atoms with Crippen molar-refractivity contribution >= 4 is 34.1 Å². The van der Waals surface area contributed by atoms with Crippen LogP contribution in [-0.4, -0.2) is 0 Å². The maximum absolute atomic E-state index is 13.5. The predicted octanol–water partition coefficient (Wildman–Crippen LogP) is 3.40. The number of halogens is 1. The van der Waals surface area contributed by atoms with Crippen LogP contribution in [0.4, 0.5) is 4.39 Å². The Morgan fingerprint density at radius 3 is 3.07 bits per heavy atom. The number of thiophene rings is 1. The van der Waals surface area contributed by atoms with Gasteiger partial charge < -0.3 is 0 Å². The normalized spacial score (nSPS) is 10.4. The molecule has 14 heavy (non-hydrogen) atoms. The van der Waals surface area contributed by atoms with Gasteiger partial charge in [0.05, 0.1) is 17.2 Å². The van der Waals surface area contributed by atoms with Crippen molar-refractivity contribution in [2.24, 2.45) is 0 Å². The molecule has 0 aliphatic rings. The Morgan fingerprint density at radius 2 is 2.36 bits per heavy atom. The molecule has 0 amide bonds. The summed E-state index contributed by atoms with van der Waals surface area (Å²) in [6.45, 7) is 0. The summed E-state index contributed by atoms with van der Waals surface area (Å²) in [7, 11) is 0. The summed E-state index contributed by atoms with van der Waals surface area (Å²) >= 11 is 5.37. The molecule has 1 nitrogen and oxygen atoms in total. The fourth-order valence-corrected chi connectivity index (χ4v) is 2.61. The Labute approximate surface area is 90.2 Å². The summed E-state index contributed by atoms with van der Waals surface area (Å²) in [5, 5.41) is 11.3. The third-order valence-corrected chi connectivity index (χ3v) is 3.25. The third kappa shape index (κ3) is 1.39. The molecule has 70 valence electrons. The van der Waals surface area contributed by atoms with E-state index in [4.69, 9.17) is 5.26 Å². The van der Waals surface area contributed by atoms with Gasteiger partial charge >= 0.3 is 0 Å². The number of thiol groups is 1. The maximum atomic E-state index is 13.5. The van der Waals surface area contributed by atoms with Crippen molar-refractivity contribution in [2.75, 3.05) is 0 Å². The van der Waals surface area contributed by atoms with Crippen LogP contribution in [0.1, 0.15) is 5.56 Å². The molecular formula is C10H6FNS2. The molecule has 0 aliphatic carbocycles. The Balaban J connectivity index is 2.79. The molecule has 1 aromatic heterocycles. The molecule has 0 bridgehead atoms. The first-order valence-corrected chi connectivity index (χ1v) is 5.31. The van der Waals surface area contributed by atoms with Gasteiger partial charge in [-0.05, 0) is 28.5 Å². The van der Waals surface area contributed by atoms with Gasteiger partial charge in [-0.1, -0.05) is 0 Å². The van der Waals surface area contributed by atoms with Crippen LogP contribution in [0.3, 0.4) is 0 Å². The van der Waals surface area contributed by atoms with Crippen molar-refractivity contribution in [3.63, 3.8) is 0 Å². The molecule has 0 N–H and O–H groups in total. The molecule has 2 aromatic rings. The van der Waals surface area contributed by atoms with Crippen molar-refractivity contribution in [1.29, 1.82) is 5.26 Å². The van der Waals surface area contributed by atoms with E-state index in [2.05, 4.69) is 18.7 Å². The largest absolute Gasteiger partial charge is 0.204 e. The zero-order chi connectivity index (χ0) is 10.1. The van der Waals surface area contributed by atoms with E-state index in [1.54, 1.807) is 6.07 Å². The molecular weight excluding hydrogens is 217 g/mol. The average Bonchev–Trinajstić information content (AvgIpc) is 2.63. The third-order valence-electron chi connectivity index (χ3n) is 2.02. The molecule has 0 atom stereocenters. The van der Waals surface area contributed by atoms with E-state index in [0.717, 1.165) is 10.9 Å². The molecule has 2 rings (SSSR count). The predicted molar refractivity (Wildman–Crippen MR) is 58.4 cm³/mol. The summed E-state index contributed by atoms with van der Waals surface area (Å²) in [6.07, 6.45) is 0.293. The molecule has 0 fully saturated rings. The maximum Gasteiger partial charge on any atom is 0.154 e. The smallest absolute Gasteiger partial charge is 0.154 e. The molecule has 0 unspecified atom stereocenters. The standard InChI is InChI=1S/C10H6FNS2/c11-9-8(13)5-6(1-3-12)7-2-4-14-10(7)9/h2,4-5,13H,1H2. The molecule has 0 saturated heterocycles. The first-order valence-electron chi connectivity index (χ1n) is 3.98. The summed E-state index contributed by atoms with van der Waals surface area (Å²) < 4.78 is 14.1. The fourth-order valence-electron chi connectivity index (χ4n) is 1.39. The Bertz CT molecular complexity index is 525. The Kier molecular flexibility index (Phi) is 2.44. The highest BCUT2D eigenvalue weighted by Gasteiger charge is 2.10. The minimum atomic E-state index is -0.292. The molecule has 0 spiro atoms. The first kappa shape index (κ1) is 9.50. The van der Waals surface area contributed by atoms with Crippen molar-refractivity contribution in [2.45, 2.75) is 11.3 Å². The second-order valence-corrected chi connectivity index (χ2v) is 4.27. The molecule has 4 heteroatoms. The Hall–Kier alpha value is -1.05. The van der Waals surface area contributed by atoms with E-state index >= 15 is 0 Å². The van der Waals surface area contributed by atoms with Gasteiger partial charge in [-0.3, -0.25) is 0 Å². The lowest BCUT2D eigenvalue weighted by Crippen LogP contribution is -1.86.